The van der Waals surface area contributed by atoms with Crippen molar-refractivity contribution in [2.45, 2.75) is 13.8 Å². The Morgan fingerprint density at radius 1 is 1.31 bits per heavy atom. The number of halogens is 1. The molecule has 0 atom stereocenters. The van der Waals surface area contributed by atoms with Crippen LogP contribution in [-0.4, -0.2) is 50.6 Å². The van der Waals surface area contributed by atoms with Gasteiger partial charge in [0, 0.05) is 26.7 Å². The van der Waals surface area contributed by atoms with E-state index in [1.54, 1.807) is 7.05 Å². The van der Waals surface area contributed by atoms with Gasteiger partial charge in [-0.05, 0) is 13.1 Å². The first-order valence-corrected chi connectivity index (χ1v) is 5.56. The van der Waals surface area contributed by atoms with Crippen molar-refractivity contribution in [1.82, 2.24) is 15.5 Å². The Labute approximate surface area is 117 Å². The smallest absolute Gasteiger partial charge is 0.191 e. The molecule has 0 amide bonds. The van der Waals surface area contributed by atoms with Gasteiger partial charge in [-0.15, -0.1) is 30.6 Å². The molecule has 5 heteroatoms. The van der Waals surface area contributed by atoms with E-state index in [1.165, 1.54) is 0 Å². The molecule has 0 aromatic heterocycles. The minimum atomic E-state index is 0. The number of hydrogen-bond acceptors (Lipinski definition) is 2. The van der Waals surface area contributed by atoms with Gasteiger partial charge in [-0.25, -0.2) is 0 Å². The van der Waals surface area contributed by atoms with Crippen LogP contribution in [0.2, 0.25) is 0 Å². The summed E-state index contributed by atoms with van der Waals surface area (Å²) in [6.45, 7) is 12.9. The van der Waals surface area contributed by atoms with E-state index < -0.39 is 0 Å². The van der Waals surface area contributed by atoms with Gasteiger partial charge >= 0.3 is 0 Å². The van der Waals surface area contributed by atoms with E-state index in [-0.39, 0.29) is 24.0 Å². The van der Waals surface area contributed by atoms with Crippen LogP contribution in [0, 0.1) is 0 Å². The van der Waals surface area contributed by atoms with E-state index >= 15 is 0 Å². The topological polar surface area (TPSA) is 39.7 Å². The molecule has 0 fully saturated rings. The summed E-state index contributed by atoms with van der Waals surface area (Å²) in [5.41, 5.74) is 0. The molecular formula is C11H25IN4. The number of guanidine groups is 1. The molecule has 0 spiro atoms. The standard InChI is InChI=1S/C11H24N4.HI/c1-5-8-13-11(12-4)14-9-10-15(6-2)7-3;/h5H,1,6-10H2,2-4H3,(H2,12,13,14);1H. The Kier molecular flexibility index (Phi) is 14.4. The van der Waals surface area contributed by atoms with Gasteiger partial charge in [0.25, 0.3) is 0 Å². The number of rotatable bonds is 7. The molecule has 0 rings (SSSR count). The first-order valence-electron chi connectivity index (χ1n) is 5.56. The van der Waals surface area contributed by atoms with Gasteiger partial charge in [0.2, 0.25) is 0 Å². The zero-order valence-corrected chi connectivity index (χ0v) is 13.0. The van der Waals surface area contributed by atoms with Gasteiger partial charge < -0.3 is 15.5 Å². The molecule has 0 radical (unpaired) electrons. The average Bonchev–Trinajstić information content (AvgIpc) is 2.28. The lowest BCUT2D eigenvalue weighted by molar-refractivity contribution is 0.308. The molecule has 0 aromatic carbocycles. The predicted molar refractivity (Wildman–Crippen MR) is 82.8 cm³/mol. The summed E-state index contributed by atoms with van der Waals surface area (Å²) in [4.78, 5) is 6.47. The maximum Gasteiger partial charge on any atom is 0.191 e. The fourth-order valence-corrected chi connectivity index (χ4v) is 1.26. The summed E-state index contributed by atoms with van der Waals surface area (Å²) < 4.78 is 0. The van der Waals surface area contributed by atoms with Gasteiger partial charge in [-0.2, -0.15) is 0 Å². The Balaban J connectivity index is 0. The number of nitrogens with one attached hydrogen (secondary N) is 2. The summed E-state index contributed by atoms with van der Waals surface area (Å²) in [6, 6.07) is 0. The van der Waals surface area contributed by atoms with E-state index in [0.29, 0.717) is 0 Å². The van der Waals surface area contributed by atoms with Crippen molar-refractivity contribution in [1.29, 1.82) is 0 Å². The molecule has 0 saturated heterocycles. The third-order valence-electron chi connectivity index (χ3n) is 2.25. The molecule has 0 saturated carbocycles. The second-order valence-electron chi connectivity index (χ2n) is 3.20. The van der Waals surface area contributed by atoms with Crippen molar-refractivity contribution in [3.8, 4) is 0 Å². The highest BCUT2D eigenvalue weighted by atomic mass is 127. The van der Waals surface area contributed by atoms with Crippen LogP contribution >= 0.6 is 24.0 Å². The third-order valence-corrected chi connectivity index (χ3v) is 2.25. The van der Waals surface area contributed by atoms with Crippen LogP contribution in [0.15, 0.2) is 17.6 Å². The van der Waals surface area contributed by atoms with E-state index in [4.69, 9.17) is 0 Å². The summed E-state index contributed by atoms with van der Waals surface area (Å²) in [6.07, 6.45) is 1.82. The molecule has 0 aliphatic heterocycles. The van der Waals surface area contributed by atoms with Crippen molar-refractivity contribution in [2.75, 3.05) is 39.8 Å². The summed E-state index contributed by atoms with van der Waals surface area (Å²) >= 11 is 0. The molecule has 0 unspecified atom stereocenters. The quantitative estimate of drug-likeness (QED) is 0.318. The van der Waals surface area contributed by atoms with Crippen LogP contribution < -0.4 is 10.6 Å². The molecule has 4 nitrogen and oxygen atoms in total. The maximum absolute atomic E-state index is 4.10. The van der Waals surface area contributed by atoms with E-state index in [9.17, 15) is 0 Å². The fraction of sp³-hybridized carbons (Fsp3) is 0.727. The van der Waals surface area contributed by atoms with Crippen molar-refractivity contribution in [3.05, 3.63) is 12.7 Å². The van der Waals surface area contributed by atoms with Crippen molar-refractivity contribution in [2.24, 2.45) is 4.99 Å². The van der Waals surface area contributed by atoms with Gasteiger partial charge in [-0.3, -0.25) is 4.99 Å². The summed E-state index contributed by atoms with van der Waals surface area (Å²) in [5, 5.41) is 6.38. The first-order chi connectivity index (χ1) is 7.28. The lowest BCUT2D eigenvalue weighted by Crippen LogP contribution is -2.41. The Hall–Kier alpha value is -0.300. The molecular weight excluding hydrogens is 315 g/mol. The van der Waals surface area contributed by atoms with Crippen molar-refractivity contribution in [3.63, 3.8) is 0 Å². The molecule has 0 aliphatic carbocycles. The zero-order valence-electron chi connectivity index (χ0n) is 10.6. The minimum absolute atomic E-state index is 0. The zero-order chi connectivity index (χ0) is 11.5. The minimum Gasteiger partial charge on any atom is -0.355 e. The van der Waals surface area contributed by atoms with Crippen molar-refractivity contribution < 1.29 is 0 Å². The highest BCUT2D eigenvalue weighted by Gasteiger charge is 1.99. The summed E-state index contributed by atoms with van der Waals surface area (Å²) in [5.74, 6) is 0.835. The first kappa shape index (κ1) is 18.1. The van der Waals surface area contributed by atoms with Gasteiger partial charge in [0.15, 0.2) is 5.96 Å². The highest BCUT2D eigenvalue weighted by Crippen LogP contribution is 1.83. The van der Waals surface area contributed by atoms with Crippen LogP contribution in [0.5, 0.6) is 0 Å². The van der Waals surface area contributed by atoms with Crippen molar-refractivity contribution >= 4 is 29.9 Å². The van der Waals surface area contributed by atoms with Gasteiger partial charge in [-0.1, -0.05) is 19.9 Å². The largest absolute Gasteiger partial charge is 0.355 e. The monoisotopic (exact) mass is 340 g/mol. The fourth-order valence-electron chi connectivity index (χ4n) is 1.26. The number of hydrogen-bond donors (Lipinski definition) is 2. The van der Waals surface area contributed by atoms with E-state index in [2.05, 4.69) is 41.0 Å². The molecule has 0 heterocycles. The van der Waals surface area contributed by atoms with Crippen LogP contribution in [-0.2, 0) is 0 Å². The highest BCUT2D eigenvalue weighted by molar-refractivity contribution is 14.0. The number of likely N-dealkylation sites (N-methyl/N-ethyl adjacent to an activating group) is 1. The Morgan fingerprint density at radius 2 is 1.94 bits per heavy atom. The molecule has 0 aliphatic rings. The number of aliphatic imine (C=N–C) groups is 1. The predicted octanol–water partition coefficient (Wildman–Crippen LogP) is 1.30. The van der Waals surface area contributed by atoms with Crippen LogP contribution in [0.25, 0.3) is 0 Å². The lowest BCUT2D eigenvalue weighted by atomic mass is 10.4. The van der Waals surface area contributed by atoms with Gasteiger partial charge in [0.05, 0.1) is 0 Å². The normalized spacial score (nSPS) is 10.9. The third kappa shape index (κ3) is 8.96. The molecule has 0 bridgehead atoms. The molecule has 2 N–H and O–H groups in total. The van der Waals surface area contributed by atoms with E-state index in [0.717, 1.165) is 38.7 Å². The Morgan fingerprint density at radius 3 is 2.38 bits per heavy atom. The average molecular weight is 340 g/mol. The second kappa shape index (κ2) is 12.8. The summed E-state index contributed by atoms with van der Waals surface area (Å²) in [7, 11) is 1.77. The molecule has 96 valence electrons. The SMILES string of the molecule is C=CCNC(=NC)NCCN(CC)CC.I. The van der Waals surface area contributed by atoms with Crippen LogP contribution in [0.1, 0.15) is 13.8 Å². The van der Waals surface area contributed by atoms with E-state index in [1.807, 2.05) is 6.08 Å². The van der Waals surface area contributed by atoms with Crippen LogP contribution in [0.3, 0.4) is 0 Å². The molecule has 0 aromatic rings. The second-order valence-corrected chi connectivity index (χ2v) is 3.20. The van der Waals surface area contributed by atoms with Gasteiger partial charge in [0.1, 0.15) is 0 Å². The number of nitrogens with zero attached hydrogens (tertiary/aromatic N) is 2. The molecule has 16 heavy (non-hydrogen) atoms. The Bertz CT molecular complexity index is 190. The van der Waals surface area contributed by atoms with Crippen LogP contribution in [0.4, 0.5) is 0 Å². The lowest BCUT2D eigenvalue weighted by Gasteiger charge is -2.19. The maximum atomic E-state index is 4.10.